The van der Waals surface area contributed by atoms with Crippen molar-refractivity contribution in [3.63, 3.8) is 0 Å². The van der Waals surface area contributed by atoms with Crippen molar-refractivity contribution in [3.05, 3.63) is 29.8 Å². The molecule has 0 aromatic heterocycles. The first-order chi connectivity index (χ1) is 12.2. The summed E-state index contributed by atoms with van der Waals surface area (Å²) in [6.45, 7) is 0.936. The number of nitrogens with zero attached hydrogens (tertiary/aromatic N) is 2. The Morgan fingerprint density at radius 3 is 2.40 bits per heavy atom. The molecule has 2 heterocycles. The molecule has 0 N–H and O–H groups in total. The maximum atomic E-state index is 12.7. The van der Waals surface area contributed by atoms with Crippen molar-refractivity contribution in [2.45, 2.75) is 44.9 Å². The molecule has 1 aliphatic carbocycles. The number of carbonyl (C=O) groups is 3. The normalized spacial score (nSPS) is 25.8. The second-order valence-corrected chi connectivity index (χ2v) is 7.35. The Labute approximate surface area is 148 Å². The van der Waals surface area contributed by atoms with Gasteiger partial charge in [-0.15, -0.1) is 0 Å². The van der Waals surface area contributed by atoms with Crippen molar-refractivity contribution in [2.24, 2.45) is 11.8 Å². The molecule has 0 radical (unpaired) electrons. The van der Waals surface area contributed by atoms with Crippen LogP contribution < -0.4 is 4.90 Å². The summed E-state index contributed by atoms with van der Waals surface area (Å²) in [6.07, 6.45) is 5.85. The minimum atomic E-state index is -0.132. The quantitative estimate of drug-likeness (QED) is 0.795. The second kappa shape index (κ2) is 6.62. The van der Waals surface area contributed by atoms with Crippen molar-refractivity contribution < 1.29 is 14.4 Å². The first-order valence-corrected chi connectivity index (χ1v) is 9.40. The van der Waals surface area contributed by atoms with Crippen LogP contribution in [0.15, 0.2) is 24.3 Å². The molecule has 1 aromatic rings. The van der Waals surface area contributed by atoms with E-state index < -0.39 is 0 Å². The van der Waals surface area contributed by atoms with Gasteiger partial charge in [0.2, 0.25) is 17.7 Å². The first-order valence-electron chi connectivity index (χ1n) is 9.40. The number of imide groups is 1. The fourth-order valence-corrected chi connectivity index (χ4v) is 4.59. The van der Waals surface area contributed by atoms with Gasteiger partial charge in [0.05, 0.1) is 11.8 Å². The molecule has 2 atom stereocenters. The van der Waals surface area contributed by atoms with Crippen molar-refractivity contribution in [3.8, 4) is 0 Å². The topological polar surface area (TPSA) is 57.7 Å². The second-order valence-electron chi connectivity index (χ2n) is 7.35. The molecular formula is C20H24N2O3. The fourth-order valence-electron chi connectivity index (χ4n) is 4.59. The highest BCUT2D eigenvalue weighted by Crippen LogP contribution is 2.38. The molecule has 2 aliphatic heterocycles. The van der Waals surface area contributed by atoms with E-state index >= 15 is 0 Å². The van der Waals surface area contributed by atoms with Gasteiger partial charge in [0, 0.05) is 25.2 Å². The van der Waals surface area contributed by atoms with Crippen molar-refractivity contribution in [1.29, 1.82) is 0 Å². The summed E-state index contributed by atoms with van der Waals surface area (Å²) in [5.41, 5.74) is 2.17. The van der Waals surface area contributed by atoms with Gasteiger partial charge in [0.1, 0.15) is 0 Å². The Kier molecular flexibility index (Phi) is 4.32. The summed E-state index contributed by atoms with van der Waals surface area (Å²) >= 11 is 0. The third-order valence-electron chi connectivity index (χ3n) is 5.89. The number of benzene rings is 1. The molecule has 0 unspecified atom stereocenters. The lowest BCUT2D eigenvalue weighted by Gasteiger charge is -2.30. The van der Waals surface area contributed by atoms with E-state index in [9.17, 15) is 14.4 Å². The molecular weight excluding hydrogens is 316 g/mol. The number of para-hydroxylation sites is 1. The fraction of sp³-hybridized carbons (Fsp3) is 0.550. The van der Waals surface area contributed by atoms with Crippen molar-refractivity contribution >= 4 is 23.4 Å². The smallest absolute Gasteiger partial charge is 0.233 e. The maximum Gasteiger partial charge on any atom is 0.233 e. The number of fused-ring (bicyclic) bond motifs is 2. The average molecular weight is 340 g/mol. The summed E-state index contributed by atoms with van der Waals surface area (Å²) < 4.78 is 0. The zero-order valence-electron chi connectivity index (χ0n) is 14.4. The molecule has 5 nitrogen and oxygen atoms in total. The highest BCUT2D eigenvalue weighted by atomic mass is 16.2. The third kappa shape index (κ3) is 2.86. The van der Waals surface area contributed by atoms with E-state index in [1.807, 2.05) is 23.1 Å². The number of aryl methyl sites for hydroxylation is 1. The van der Waals surface area contributed by atoms with Crippen LogP contribution in [0, 0.1) is 11.8 Å². The molecule has 3 amide bonds. The van der Waals surface area contributed by atoms with Gasteiger partial charge in [-0.3, -0.25) is 19.3 Å². The molecule has 1 saturated carbocycles. The van der Waals surface area contributed by atoms with Crippen LogP contribution in [0.2, 0.25) is 0 Å². The van der Waals surface area contributed by atoms with Crippen LogP contribution in [0.3, 0.4) is 0 Å². The van der Waals surface area contributed by atoms with Gasteiger partial charge >= 0.3 is 0 Å². The van der Waals surface area contributed by atoms with Crippen LogP contribution in [0.4, 0.5) is 5.69 Å². The molecule has 0 spiro atoms. The number of amides is 3. The van der Waals surface area contributed by atoms with Gasteiger partial charge in [0.15, 0.2) is 0 Å². The number of carbonyl (C=O) groups excluding carboxylic acids is 3. The predicted octanol–water partition coefficient (Wildman–Crippen LogP) is 2.53. The lowest BCUT2D eigenvalue weighted by molar-refractivity contribution is -0.140. The van der Waals surface area contributed by atoms with Crippen molar-refractivity contribution in [2.75, 3.05) is 18.0 Å². The zero-order valence-corrected chi connectivity index (χ0v) is 14.4. The van der Waals surface area contributed by atoms with Crippen LogP contribution in [-0.2, 0) is 20.8 Å². The molecule has 2 fully saturated rings. The van der Waals surface area contributed by atoms with E-state index in [2.05, 4.69) is 6.07 Å². The Bertz CT molecular complexity index is 691. The Hall–Kier alpha value is -2.17. The number of likely N-dealkylation sites (tertiary alicyclic amines) is 1. The molecule has 25 heavy (non-hydrogen) atoms. The molecule has 0 bridgehead atoms. The van der Waals surface area contributed by atoms with Gasteiger partial charge in [-0.2, -0.15) is 0 Å². The largest absolute Gasteiger partial charge is 0.312 e. The number of hydrogen-bond donors (Lipinski definition) is 0. The van der Waals surface area contributed by atoms with Crippen LogP contribution in [0.5, 0.6) is 0 Å². The minimum absolute atomic E-state index is 0.00243. The summed E-state index contributed by atoms with van der Waals surface area (Å²) in [4.78, 5) is 40.9. The number of anilines is 1. The van der Waals surface area contributed by atoms with Crippen LogP contribution in [-0.4, -0.2) is 35.7 Å². The molecule has 4 rings (SSSR count). The molecule has 5 heteroatoms. The SMILES string of the molecule is O=C1[C@@H]2CCCC[C@H]2C(=O)N1CCC(=O)N1CCCc2ccccc21. The highest BCUT2D eigenvalue weighted by Gasteiger charge is 2.47. The number of hydrogen-bond acceptors (Lipinski definition) is 3. The monoisotopic (exact) mass is 340 g/mol. The van der Waals surface area contributed by atoms with Gasteiger partial charge < -0.3 is 4.90 Å². The maximum absolute atomic E-state index is 12.7. The van der Waals surface area contributed by atoms with Gasteiger partial charge in [-0.25, -0.2) is 0 Å². The van der Waals surface area contributed by atoms with E-state index in [0.717, 1.165) is 44.2 Å². The molecule has 132 valence electrons. The van der Waals surface area contributed by atoms with E-state index in [-0.39, 0.29) is 42.5 Å². The Balaban J connectivity index is 1.43. The standard InChI is InChI=1S/C20H24N2O3/c23-18(21-12-5-7-14-6-1-4-10-17(14)21)11-13-22-19(24)15-8-2-3-9-16(15)20(22)25/h1,4,6,10,15-16H,2-3,5,7-9,11-13H2/t15-,16-/m1/s1. The lowest BCUT2D eigenvalue weighted by Crippen LogP contribution is -2.39. The average Bonchev–Trinajstić information content (AvgIpc) is 2.90. The van der Waals surface area contributed by atoms with Crippen LogP contribution >= 0.6 is 0 Å². The summed E-state index contributed by atoms with van der Waals surface area (Å²) in [6, 6.07) is 7.98. The predicted molar refractivity (Wildman–Crippen MR) is 93.9 cm³/mol. The summed E-state index contributed by atoms with van der Waals surface area (Å²) in [5.74, 6) is -0.371. The first kappa shape index (κ1) is 16.3. The molecule has 1 saturated heterocycles. The van der Waals surface area contributed by atoms with E-state index in [0.29, 0.717) is 6.54 Å². The lowest BCUT2D eigenvalue weighted by atomic mass is 9.81. The van der Waals surface area contributed by atoms with E-state index in [1.165, 1.54) is 10.5 Å². The van der Waals surface area contributed by atoms with Crippen molar-refractivity contribution in [1.82, 2.24) is 4.90 Å². The molecule has 1 aromatic carbocycles. The number of rotatable bonds is 3. The highest BCUT2D eigenvalue weighted by molar-refractivity contribution is 6.05. The van der Waals surface area contributed by atoms with E-state index in [1.54, 1.807) is 0 Å². The summed E-state index contributed by atoms with van der Waals surface area (Å²) in [5, 5.41) is 0. The minimum Gasteiger partial charge on any atom is -0.312 e. The van der Waals surface area contributed by atoms with Gasteiger partial charge in [-0.1, -0.05) is 31.0 Å². The van der Waals surface area contributed by atoms with E-state index in [4.69, 9.17) is 0 Å². The third-order valence-corrected chi connectivity index (χ3v) is 5.89. The van der Waals surface area contributed by atoms with Gasteiger partial charge in [-0.05, 0) is 37.3 Å². The van der Waals surface area contributed by atoms with Crippen LogP contribution in [0.25, 0.3) is 0 Å². The molecule has 3 aliphatic rings. The van der Waals surface area contributed by atoms with Gasteiger partial charge in [0.25, 0.3) is 0 Å². The summed E-state index contributed by atoms with van der Waals surface area (Å²) in [7, 11) is 0. The zero-order chi connectivity index (χ0) is 17.4. The Morgan fingerprint density at radius 2 is 1.68 bits per heavy atom. The van der Waals surface area contributed by atoms with Crippen LogP contribution in [0.1, 0.15) is 44.1 Å². The Morgan fingerprint density at radius 1 is 1.00 bits per heavy atom.